The highest BCUT2D eigenvalue weighted by molar-refractivity contribution is 5.58. The molecule has 2 aromatic carbocycles. The maximum atomic E-state index is 4.51. The zero-order valence-corrected chi connectivity index (χ0v) is 13.2. The molecule has 0 radical (unpaired) electrons. The van der Waals surface area contributed by atoms with Crippen LogP contribution in [0.5, 0.6) is 0 Å². The normalized spacial score (nSPS) is 10.3. The standard InChI is InChI=1S/C19H20N4/c1-15-7-5-6-10-17(15)22-19-21-14-12-18(23-19)20-13-11-16-8-3-2-4-9-16/h2-10,12,14H,11,13H2,1H3,(H2,20,21,22,23). The molecule has 23 heavy (non-hydrogen) atoms. The maximum Gasteiger partial charge on any atom is 0.229 e. The molecule has 0 fully saturated rings. The van der Waals surface area contributed by atoms with Crippen LogP contribution in [0.15, 0.2) is 66.9 Å². The highest BCUT2D eigenvalue weighted by Crippen LogP contribution is 2.18. The Bertz CT molecular complexity index is 756. The minimum absolute atomic E-state index is 0.601. The summed E-state index contributed by atoms with van der Waals surface area (Å²) in [5.41, 5.74) is 3.50. The third-order valence-electron chi connectivity index (χ3n) is 3.61. The Morgan fingerprint density at radius 3 is 2.52 bits per heavy atom. The Morgan fingerprint density at radius 1 is 0.913 bits per heavy atom. The molecule has 0 aliphatic heterocycles. The van der Waals surface area contributed by atoms with Crippen LogP contribution in [0, 0.1) is 6.92 Å². The van der Waals surface area contributed by atoms with E-state index in [1.54, 1.807) is 6.20 Å². The number of hydrogen-bond acceptors (Lipinski definition) is 4. The predicted molar refractivity (Wildman–Crippen MR) is 95.1 cm³/mol. The minimum Gasteiger partial charge on any atom is -0.370 e. The number of rotatable bonds is 6. The number of aryl methyl sites for hydroxylation is 1. The average Bonchev–Trinajstić information content (AvgIpc) is 2.58. The van der Waals surface area contributed by atoms with Crippen LogP contribution in [0.1, 0.15) is 11.1 Å². The molecule has 0 saturated carbocycles. The maximum absolute atomic E-state index is 4.51. The third kappa shape index (κ3) is 4.30. The topological polar surface area (TPSA) is 49.8 Å². The number of benzene rings is 2. The molecule has 0 saturated heterocycles. The first-order valence-corrected chi connectivity index (χ1v) is 7.75. The van der Waals surface area contributed by atoms with E-state index in [1.807, 2.05) is 30.3 Å². The quantitative estimate of drug-likeness (QED) is 0.717. The van der Waals surface area contributed by atoms with Gasteiger partial charge in [-0.15, -0.1) is 0 Å². The summed E-state index contributed by atoms with van der Waals surface area (Å²) in [5.74, 6) is 1.43. The molecule has 0 amide bonds. The van der Waals surface area contributed by atoms with Crippen molar-refractivity contribution in [3.63, 3.8) is 0 Å². The Kier molecular flexibility index (Phi) is 4.84. The average molecular weight is 304 g/mol. The summed E-state index contributed by atoms with van der Waals surface area (Å²) in [6.45, 7) is 2.90. The molecule has 0 spiro atoms. The van der Waals surface area contributed by atoms with E-state index >= 15 is 0 Å². The first kappa shape index (κ1) is 15.0. The highest BCUT2D eigenvalue weighted by Gasteiger charge is 2.02. The van der Waals surface area contributed by atoms with E-state index < -0.39 is 0 Å². The molecule has 0 bridgehead atoms. The number of nitrogens with zero attached hydrogens (tertiary/aromatic N) is 2. The molecular formula is C19H20N4. The van der Waals surface area contributed by atoms with Crippen LogP contribution in [0.3, 0.4) is 0 Å². The molecule has 3 aromatic rings. The Labute approximate surface area is 136 Å². The van der Waals surface area contributed by atoms with E-state index in [4.69, 9.17) is 0 Å². The summed E-state index contributed by atoms with van der Waals surface area (Å²) in [4.78, 5) is 8.79. The number of nitrogens with one attached hydrogen (secondary N) is 2. The highest BCUT2D eigenvalue weighted by atomic mass is 15.1. The van der Waals surface area contributed by atoms with Gasteiger partial charge in [0.15, 0.2) is 0 Å². The monoisotopic (exact) mass is 304 g/mol. The van der Waals surface area contributed by atoms with Gasteiger partial charge in [-0.05, 0) is 36.6 Å². The lowest BCUT2D eigenvalue weighted by Crippen LogP contribution is -2.08. The van der Waals surface area contributed by atoms with E-state index in [0.717, 1.165) is 24.5 Å². The molecule has 0 aliphatic carbocycles. The second-order valence-electron chi connectivity index (χ2n) is 5.37. The SMILES string of the molecule is Cc1ccccc1Nc1nccc(NCCc2ccccc2)n1. The molecule has 4 heteroatoms. The molecule has 116 valence electrons. The zero-order valence-electron chi connectivity index (χ0n) is 13.2. The van der Waals surface area contributed by atoms with Crippen molar-refractivity contribution in [2.24, 2.45) is 0 Å². The minimum atomic E-state index is 0.601. The fourth-order valence-corrected chi connectivity index (χ4v) is 2.33. The van der Waals surface area contributed by atoms with Gasteiger partial charge in [0.2, 0.25) is 5.95 Å². The largest absolute Gasteiger partial charge is 0.370 e. The van der Waals surface area contributed by atoms with Gasteiger partial charge in [0, 0.05) is 18.4 Å². The van der Waals surface area contributed by atoms with Gasteiger partial charge >= 0.3 is 0 Å². The van der Waals surface area contributed by atoms with Crippen LogP contribution in [0.4, 0.5) is 17.5 Å². The van der Waals surface area contributed by atoms with E-state index in [1.165, 1.54) is 11.1 Å². The molecule has 1 heterocycles. The van der Waals surface area contributed by atoms with Crippen molar-refractivity contribution in [2.75, 3.05) is 17.2 Å². The van der Waals surface area contributed by atoms with Gasteiger partial charge < -0.3 is 10.6 Å². The summed E-state index contributed by atoms with van der Waals surface area (Å²) in [6, 6.07) is 20.4. The van der Waals surface area contributed by atoms with E-state index in [-0.39, 0.29) is 0 Å². The van der Waals surface area contributed by atoms with Gasteiger partial charge in [-0.3, -0.25) is 0 Å². The first-order chi connectivity index (χ1) is 11.3. The van der Waals surface area contributed by atoms with Crippen LogP contribution >= 0.6 is 0 Å². The van der Waals surface area contributed by atoms with Crippen molar-refractivity contribution in [3.05, 3.63) is 78.0 Å². The van der Waals surface area contributed by atoms with Gasteiger partial charge in [0.05, 0.1) is 0 Å². The van der Waals surface area contributed by atoms with Crippen LogP contribution in [0.2, 0.25) is 0 Å². The second kappa shape index (κ2) is 7.40. The van der Waals surface area contributed by atoms with Crippen molar-refractivity contribution in [1.29, 1.82) is 0 Å². The van der Waals surface area contributed by atoms with Crippen LogP contribution in [-0.2, 0) is 6.42 Å². The molecule has 0 atom stereocenters. The van der Waals surface area contributed by atoms with Crippen LogP contribution in [-0.4, -0.2) is 16.5 Å². The van der Waals surface area contributed by atoms with Gasteiger partial charge in [-0.1, -0.05) is 48.5 Å². The summed E-state index contributed by atoms with van der Waals surface area (Å²) in [7, 11) is 0. The summed E-state index contributed by atoms with van der Waals surface area (Å²) in [5, 5.41) is 6.60. The zero-order chi connectivity index (χ0) is 15.9. The number of para-hydroxylation sites is 1. The Balaban J connectivity index is 1.60. The van der Waals surface area contributed by atoms with Crippen molar-refractivity contribution in [3.8, 4) is 0 Å². The molecule has 0 unspecified atom stereocenters. The van der Waals surface area contributed by atoms with Gasteiger partial charge in [0.1, 0.15) is 5.82 Å². The predicted octanol–water partition coefficient (Wildman–Crippen LogP) is 4.18. The summed E-state index contributed by atoms with van der Waals surface area (Å²) < 4.78 is 0. The Morgan fingerprint density at radius 2 is 1.70 bits per heavy atom. The second-order valence-corrected chi connectivity index (χ2v) is 5.37. The van der Waals surface area contributed by atoms with E-state index in [2.05, 4.69) is 57.9 Å². The number of hydrogen-bond donors (Lipinski definition) is 2. The van der Waals surface area contributed by atoms with Gasteiger partial charge in [0.25, 0.3) is 0 Å². The molecule has 2 N–H and O–H groups in total. The van der Waals surface area contributed by atoms with Gasteiger partial charge in [-0.2, -0.15) is 4.98 Å². The fraction of sp³-hybridized carbons (Fsp3) is 0.158. The smallest absolute Gasteiger partial charge is 0.229 e. The molecule has 1 aromatic heterocycles. The summed E-state index contributed by atoms with van der Waals surface area (Å²) >= 11 is 0. The van der Waals surface area contributed by atoms with Crippen molar-refractivity contribution < 1.29 is 0 Å². The molecule has 3 rings (SSSR count). The first-order valence-electron chi connectivity index (χ1n) is 7.75. The lowest BCUT2D eigenvalue weighted by Gasteiger charge is -2.10. The van der Waals surface area contributed by atoms with Crippen molar-refractivity contribution in [2.45, 2.75) is 13.3 Å². The van der Waals surface area contributed by atoms with Gasteiger partial charge in [-0.25, -0.2) is 4.98 Å². The number of aromatic nitrogens is 2. The van der Waals surface area contributed by atoms with Crippen LogP contribution < -0.4 is 10.6 Å². The van der Waals surface area contributed by atoms with Crippen LogP contribution in [0.25, 0.3) is 0 Å². The fourth-order valence-electron chi connectivity index (χ4n) is 2.33. The van der Waals surface area contributed by atoms with Crippen molar-refractivity contribution in [1.82, 2.24) is 9.97 Å². The Hall–Kier alpha value is -2.88. The number of anilines is 3. The lowest BCUT2D eigenvalue weighted by atomic mass is 10.1. The molecule has 0 aliphatic rings. The van der Waals surface area contributed by atoms with E-state index in [0.29, 0.717) is 5.95 Å². The lowest BCUT2D eigenvalue weighted by molar-refractivity contribution is 1.00. The molecular weight excluding hydrogens is 284 g/mol. The third-order valence-corrected chi connectivity index (χ3v) is 3.61. The summed E-state index contributed by atoms with van der Waals surface area (Å²) in [6.07, 6.45) is 2.73. The molecule has 4 nitrogen and oxygen atoms in total. The van der Waals surface area contributed by atoms with Crippen molar-refractivity contribution >= 4 is 17.5 Å². The van der Waals surface area contributed by atoms with E-state index in [9.17, 15) is 0 Å².